The summed E-state index contributed by atoms with van der Waals surface area (Å²) >= 11 is 4.64. The first-order chi connectivity index (χ1) is 7.24. The number of alkyl halides is 1. The summed E-state index contributed by atoms with van der Waals surface area (Å²) in [4.78, 5) is 17.9. The first-order valence-corrected chi connectivity index (χ1v) is 6.40. The Hall–Kier alpha value is -0.930. The molecular formula is C9H8BrN3OS. The Morgan fingerprint density at radius 1 is 1.80 bits per heavy atom. The number of carbonyl (C=O) groups excluding carboxylic acids is 1. The average molecular weight is 286 g/mol. The molecule has 2 rings (SSSR count). The Balaban J connectivity index is 2.18. The molecule has 15 heavy (non-hydrogen) atoms. The van der Waals surface area contributed by atoms with Crippen molar-refractivity contribution in [3.05, 3.63) is 11.1 Å². The van der Waals surface area contributed by atoms with E-state index >= 15 is 0 Å². The molecular weight excluding hydrogens is 278 g/mol. The van der Waals surface area contributed by atoms with Gasteiger partial charge in [-0.15, -0.1) is 0 Å². The minimum absolute atomic E-state index is 0.0956. The molecule has 78 valence electrons. The van der Waals surface area contributed by atoms with Crippen LogP contribution in [0.5, 0.6) is 0 Å². The third-order valence-electron chi connectivity index (χ3n) is 2.26. The van der Waals surface area contributed by atoms with Gasteiger partial charge in [-0.05, 0) is 5.92 Å². The smallest absolute Gasteiger partial charge is 0.229 e. The van der Waals surface area contributed by atoms with Crippen LogP contribution in [0.2, 0.25) is 0 Å². The van der Waals surface area contributed by atoms with Crippen molar-refractivity contribution in [3.8, 4) is 6.07 Å². The van der Waals surface area contributed by atoms with E-state index in [0.29, 0.717) is 28.9 Å². The van der Waals surface area contributed by atoms with Crippen LogP contribution in [0.25, 0.3) is 0 Å². The van der Waals surface area contributed by atoms with Crippen LogP contribution in [-0.2, 0) is 4.79 Å². The van der Waals surface area contributed by atoms with Gasteiger partial charge in [-0.2, -0.15) is 5.26 Å². The van der Waals surface area contributed by atoms with Gasteiger partial charge in [0, 0.05) is 18.3 Å². The first kappa shape index (κ1) is 10.6. The maximum Gasteiger partial charge on any atom is 0.229 e. The van der Waals surface area contributed by atoms with Crippen LogP contribution in [0.1, 0.15) is 11.3 Å². The Morgan fingerprint density at radius 2 is 2.60 bits per heavy atom. The molecule has 0 aliphatic carbocycles. The average Bonchev–Trinajstić information content (AvgIpc) is 2.83. The topological polar surface area (TPSA) is 57.0 Å². The summed E-state index contributed by atoms with van der Waals surface area (Å²) in [6.45, 7) is 0.697. The molecule has 1 aromatic rings. The lowest BCUT2D eigenvalue weighted by atomic mass is 10.2. The maximum atomic E-state index is 11.6. The van der Waals surface area contributed by atoms with E-state index in [2.05, 4.69) is 20.9 Å². The molecule has 0 N–H and O–H groups in total. The summed E-state index contributed by atoms with van der Waals surface area (Å²) in [7, 11) is 0. The molecule has 4 nitrogen and oxygen atoms in total. The molecule has 1 aliphatic heterocycles. The zero-order chi connectivity index (χ0) is 10.8. The number of aromatic nitrogens is 1. The number of thiazole rings is 1. The fourth-order valence-electron chi connectivity index (χ4n) is 1.51. The van der Waals surface area contributed by atoms with Crippen LogP contribution in [-0.4, -0.2) is 22.8 Å². The summed E-state index contributed by atoms with van der Waals surface area (Å²) in [5.41, 5.74) is 0. The molecule has 6 heteroatoms. The highest BCUT2D eigenvalue weighted by molar-refractivity contribution is 9.09. The highest BCUT2D eigenvalue weighted by Crippen LogP contribution is 2.29. The normalized spacial score (nSPS) is 20.7. The molecule has 0 bridgehead atoms. The van der Waals surface area contributed by atoms with Gasteiger partial charge in [-0.1, -0.05) is 27.3 Å². The summed E-state index contributed by atoms with van der Waals surface area (Å²) in [5, 5.41) is 10.1. The maximum absolute atomic E-state index is 11.6. The quantitative estimate of drug-likeness (QED) is 0.778. The summed E-state index contributed by atoms with van der Waals surface area (Å²) in [5.74, 6) is 0.449. The largest absolute Gasteiger partial charge is 0.288 e. The summed E-state index contributed by atoms with van der Waals surface area (Å²) < 4.78 is 0. The van der Waals surface area contributed by atoms with Gasteiger partial charge in [0.05, 0.1) is 6.20 Å². The highest BCUT2D eigenvalue weighted by Gasteiger charge is 2.31. The van der Waals surface area contributed by atoms with E-state index in [1.54, 1.807) is 4.90 Å². The van der Waals surface area contributed by atoms with Crippen LogP contribution in [0, 0.1) is 17.2 Å². The minimum atomic E-state index is 0.0956. The second kappa shape index (κ2) is 4.29. The van der Waals surface area contributed by atoms with Crippen molar-refractivity contribution in [1.82, 2.24) is 4.98 Å². The molecule has 1 aliphatic rings. The number of carbonyl (C=O) groups is 1. The second-order valence-corrected chi connectivity index (χ2v) is 5.00. The number of nitrogens with zero attached hydrogens (tertiary/aromatic N) is 3. The third-order valence-corrected chi connectivity index (χ3v) is 4.10. The SMILES string of the molecule is N#Cc1cnc(N2CC(CBr)CC2=O)s1. The lowest BCUT2D eigenvalue weighted by molar-refractivity contribution is -0.117. The lowest BCUT2D eigenvalue weighted by Gasteiger charge is -2.11. The number of amides is 1. The summed E-state index contributed by atoms with van der Waals surface area (Å²) in [6, 6.07) is 2.02. The molecule has 0 spiro atoms. The van der Waals surface area contributed by atoms with Crippen LogP contribution in [0.15, 0.2) is 6.20 Å². The fourth-order valence-corrected chi connectivity index (χ4v) is 2.68. The van der Waals surface area contributed by atoms with E-state index in [9.17, 15) is 4.79 Å². The van der Waals surface area contributed by atoms with E-state index in [-0.39, 0.29) is 5.91 Å². The standard InChI is InChI=1S/C9H8BrN3OS/c10-2-6-1-8(14)13(5-6)9-12-4-7(3-11)15-9/h4,6H,1-2,5H2. The molecule has 0 aromatic carbocycles. The summed E-state index contributed by atoms with van der Waals surface area (Å²) in [6.07, 6.45) is 2.07. The Morgan fingerprint density at radius 3 is 3.13 bits per heavy atom. The van der Waals surface area contributed by atoms with Crippen molar-refractivity contribution >= 4 is 38.3 Å². The van der Waals surface area contributed by atoms with E-state index < -0.39 is 0 Å². The van der Waals surface area contributed by atoms with Gasteiger partial charge in [0.25, 0.3) is 0 Å². The van der Waals surface area contributed by atoms with Gasteiger partial charge >= 0.3 is 0 Å². The third kappa shape index (κ3) is 2.03. The molecule has 1 unspecified atom stereocenters. The second-order valence-electron chi connectivity index (χ2n) is 3.35. The number of hydrogen-bond donors (Lipinski definition) is 0. The van der Waals surface area contributed by atoms with Crippen LogP contribution >= 0.6 is 27.3 Å². The van der Waals surface area contributed by atoms with E-state index in [1.807, 2.05) is 6.07 Å². The van der Waals surface area contributed by atoms with Crippen LogP contribution in [0.3, 0.4) is 0 Å². The number of rotatable bonds is 2. The lowest BCUT2D eigenvalue weighted by Crippen LogP contribution is -2.24. The van der Waals surface area contributed by atoms with Gasteiger partial charge in [0.15, 0.2) is 5.13 Å². The fraction of sp³-hybridized carbons (Fsp3) is 0.444. The molecule has 2 heterocycles. The Kier molecular flexibility index (Phi) is 3.03. The van der Waals surface area contributed by atoms with Crippen LogP contribution in [0.4, 0.5) is 5.13 Å². The van der Waals surface area contributed by atoms with Gasteiger partial charge in [-0.25, -0.2) is 4.98 Å². The zero-order valence-electron chi connectivity index (χ0n) is 7.81. The van der Waals surface area contributed by atoms with Gasteiger partial charge in [0.1, 0.15) is 10.9 Å². The van der Waals surface area contributed by atoms with Crippen LogP contribution < -0.4 is 4.90 Å². The molecule has 0 radical (unpaired) electrons. The van der Waals surface area contributed by atoms with E-state index in [0.717, 1.165) is 5.33 Å². The van der Waals surface area contributed by atoms with Crippen molar-refractivity contribution < 1.29 is 4.79 Å². The van der Waals surface area contributed by atoms with Crippen molar-refractivity contribution in [2.24, 2.45) is 5.92 Å². The number of hydrogen-bond acceptors (Lipinski definition) is 4. The zero-order valence-corrected chi connectivity index (χ0v) is 10.2. The molecule has 1 aromatic heterocycles. The molecule has 1 amide bonds. The van der Waals surface area contributed by atoms with E-state index in [4.69, 9.17) is 5.26 Å². The molecule has 1 atom stereocenters. The monoisotopic (exact) mass is 285 g/mol. The number of halogens is 1. The predicted molar refractivity (Wildman–Crippen MR) is 61.1 cm³/mol. The van der Waals surface area contributed by atoms with Crippen molar-refractivity contribution in [2.45, 2.75) is 6.42 Å². The van der Waals surface area contributed by atoms with E-state index in [1.165, 1.54) is 17.5 Å². The van der Waals surface area contributed by atoms with Crippen molar-refractivity contribution in [2.75, 3.05) is 16.8 Å². The Labute approximate surface area is 99.7 Å². The molecule has 1 saturated heterocycles. The highest BCUT2D eigenvalue weighted by atomic mass is 79.9. The number of nitriles is 1. The predicted octanol–water partition coefficient (Wildman–Crippen LogP) is 1.76. The Bertz CT molecular complexity index is 425. The van der Waals surface area contributed by atoms with Gasteiger partial charge in [0.2, 0.25) is 5.91 Å². The van der Waals surface area contributed by atoms with Crippen molar-refractivity contribution in [1.29, 1.82) is 5.26 Å². The first-order valence-electron chi connectivity index (χ1n) is 4.47. The van der Waals surface area contributed by atoms with Gasteiger partial charge in [-0.3, -0.25) is 9.69 Å². The van der Waals surface area contributed by atoms with Crippen molar-refractivity contribution in [3.63, 3.8) is 0 Å². The molecule has 0 saturated carbocycles. The van der Waals surface area contributed by atoms with Gasteiger partial charge < -0.3 is 0 Å². The number of anilines is 1. The minimum Gasteiger partial charge on any atom is -0.288 e. The molecule has 1 fully saturated rings.